The number of rotatable bonds is 8. The molecule has 1 aliphatic rings. The topological polar surface area (TPSA) is 101 Å². The number of fused-ring (bicyclic) bond motifs is 1. The summed E-state index contributed by atoms with van der Waals surface area (Å²) in [6, 6.07) is 16.2. The van der Waals surface area contributed by atoms with Crippen molar-refractivity contribution in [2.45, 2.75) is 51.1 Å². The first-order chi connectivity index (χ1) is 16.2. The predicted octanol–water partition coefficient (Wildman–Crippen LogP) is 2.57. The van der Waals surface area contributed by atoms with Gasteiger partial charge in [-0.1, -0.05) is 48.5 Å². The minimum atomic E-state index is -3.84. The highest BCUT2D eigenvalue weighted by atomic mass is 32.2. The summed E-state index contributed by atoms with van der Waals surface area (Å²) < 4.78 is 29.9. The number of ketones is 1. The maximum Gasteiger partial charge on any atom is 0.268 e. The van der Waals surface area contributed by atoms with Crippen molar-refractivity contribution < 1.29 is 18.0 Å². The van der Waals surface area contributed by atoms with Crippen LogP contribution in [0.25, 0.3) is 0 Å². The first-order valence-corrected chi connectivity index (χ1v) is 12.6. The highest BCUT2D eigenvalue weighted by molar-refractivity contribution is 7.93. The summed E-state index contributed by atoms with van der Waals surface area (Å²) in [6.45, 7) is 4.90. The van der Waals surface area contributed by atoms with Crippen LogP contribution in [0.3, 0.4) is 0 Å². The number of aromatic nitrogens is 2. The smallest absolute Gasteiger partial charge is 0.268 e. The van der Waals surface area contributed by atoms with E-state index in [1.165, 1.54) is 15.9 Å². The third-order valence-corrected chi connectivity index (χ3v) is 8.18. The summed E-state index contributed by atoms with van der Waals surface area (Å²) >= 11 is 0. The molecule has 0 saturated heterocycles. The Kier molecular flexibility index (Phi) is 6.56. The molecular formula is C25H28N4O4S. The van der Waals surface area contributed by atoms with Crippen LogP contribution < -0.4 is 9.62 Å². The maximum absolute atomic E-state index is 13.5. The van der Waals surface area contributed by atoms with Gasteiger partial charge >= 0.3 is 0 Å². The number of nitrogens with zero attached hydrogens (tertiary/aromatic N) is 3. The number of nitrogens with one attached hydrogen (secondary N) is 1. The second kappa shape index (κ2) is 9.42. The normalized spacial score (nSPS) is 14.0. The molecule has 0 radical (unpaired) electrons. The summed E-state index contributed by atoms with van der Waals surface area (Å²) in [5, 5.41) is 7.11. The minimum absolute atomic E-state index is 0.115. The molecule has 9 heteroatoms. The van der Waals surface area contributed by atoms with Gasteiger partial charge in [0, 0.05) is 6.54 Å². The van der Waals surface area contributed by atoms with Crippen LogP contribution in [-0.4, -0.2) is 42.5 Å². The molecule has 0 saturated carbocycles. The van der Waals surface area contributed by atoms with Gasteiger partial charge in [0.25, 0.3) is 10.0 Å². The molecule has 2 aromatic carbocycles. The van der Waals surface area contributed by atoms with Crippen molar-refractivity contribution >= 4 is 27.4 Å². The standard InChI is InChI=1S/C25H28N4O4S/c1-17-25(34(32,33)29-14-13-21-11-7-8-12-23(21)29)18(2)28(27-17)16-24(31)26-22(19(3)30)15-20-9-5-4-6-10-20/h4-12,22H,13-16H2,1-3H3,(H,26,31). The highest BCUT2D eigenvalue weighted by Gasteiger charge is 2.35. The summed E-state index contributed by atoms with van der Waals surface area (Å²) in [6.07, 6.45) is 1.03. The van der Waals surface area contributed by atoms with Crippen LogP contribution in [0.15, 0.2) is 59.5 Å². The van der Waals surface area contributed by atoms with Crippen molar-refractivity contribution in [3.05, 3.63) is 77.1 Å². The number of carbonyl (C=O) groups is 2. The van der Waals surface area contributed by atoms with Crippen LogP contribution in [0.2, 0.25) is 0 Å². The van der Waals surface area contributed by atoms with Crippen molar-refractivity contribution in [2.24, 2.45) is 0 Å². The molecular weight excluding hydrogens is 452 g/mol. The third-order valence-electron chi connectivity index (χ3n) is 6.11. The first kappa shape index (κ1) is 23.7. The Balaban J connectivity index is 1.53. The van der Waals surface area contributed by atoms with Crippen molar-refractivity contribution in [3.63, 3.8) is 0 Å². The Bertz CT molecular complexity index is 1330. The second-order valence-corrected chi connectivity index (χ2v) is 10.3. The van der Waals surface area contributed by atoms with Crippen molar-refractivity contribution in [3.8, 4) is 0 Å². The lowest BCUT2D eigenvalue weighted by molar-refractivity contribution is -0.127. The van der Waals surface area contributed by atoms with Crippen LogP contribution >= 0.6 is 0 Å². The lowest BCUT2D eigenvalue weighted by Crippen LogP contribution is -2.43. The highest BCUT2D eigenvalue weighted by Crippen LogP contribution is 2.34. The van der Waals surface area contributed by atoms with E-state index in [0.717, 1.165) is 11.1 Å². The van der Waals surface area contributed by atoms with Gasteiger partial charge in [-0.05, 0) is 50.8 Å². The molecule has 0 bridgehead atoms. The Morgan fingerprint density at radius 2 is 1.74 bits per heavy atom. The summed E-state index contributed by atoms with van der Waals surface area (Å²) in [4.78, 5) is 25.0. The van der Waals surface area contributed by atoms with Gasteiger partial charge in [-0.2, -0.15) is 5.10 Å². The number of hydrogen-bond donors (Lipinski definition) is 1. The number of aryl methyl sites for hydroxylation is 1. The molecule has 1 amide bonds. The van der Waals surface area contributed by atoms with Gasteiger partial charge in [-0.15, -0.1) is 0 Å². The number of carbonyl (C=O) groups excluding carboxylic acids is 2. The quantitative estimate of drug-likeness (QED) is 0.534. The lowest BCUT2D eigenvalue weighted by Gasteiger charge is -2.20. The van der Waals surface area contributed by atoms with E-state index in [1.54, 1.807) is 19.9 Å². The molecule has 0 aliphatic carbocycles. The fourth-order valence-corrected chi connectivity index (χ4v) is 6.28. The van der Waals surface area contributed by atoms with Crippen LogP contribution in [0.5, 0.6) is 0 Å². The van der Waals surface area contributed by atoms with Crippen molar-refractivity contribution in [1.82, 2.24) is 15.1 Å². The number of anilines is 1. The van der Waals surface area contributed by atoms with E-state index in [4.69, 9.17) is 0 Å². The molecule has 2 heterocycles. The minimum Gasteiger partial charge on any atom is -0.344 e. The largest absolute Gasteiger partial charge is 0.344 e. The monoisotopic (exact) mass is 480 g/mol. The Labute approximate surface area is 199 Å². The predicted molar refractivity (Wildman–Crippen MR) is 129 cm³/mol. The van der Waals surface area contributed by atoms with Gasteiger partial charge in [0.05, 0.1) is 23.1 Å². The number of hydrogen-bond acceptors (Lipinski definition) is 5. The molecule has 34 heavy (non-hydrogen) atoms. The van der Waals surface area contributed by atoms with Crippen LogP contribution in [-0.2, 0) is 39.0 Å². The van der Waals surface area contributed by atoms with E-state index in [9.17, 15) is 18.0 Å². The third kappa shape index (κ3) is 4.61. The molecule has 1 N–H and O–H groups in total. The molecule has 178 valence electrons. The molecule has 0 spiro atoms. The van der Waals surface area contributed by atoms with Gasteiger partial charge in [0.2, 0.25) is 5.91 Å². The SMILES string of the molecule is CC(=O)C(Cc1ccccc1)NC(=O)Cn1nc(C)c(S(=O)(=O)N2CCc3ccccc32)c1C. The number of Topliss-reactive ketones (excluding diaryl/α,β-unsaturated/α-hetero) is 1. The zero-order chi connectivity index (χ0) is 24.5. The van der Waals surface area contributed by atoms with Crippen LogP contribution in [0.4, 0.5) is 5.69 Å². The summed E-state index contributed by atoms with van der Waals surface area (Å²) in [5.41, 5.74) is 3.33. The van der Waals surface area contributed by atoms with E-state index < -0.39 is 22.0 Å². The number of amides is 1. The van der Waals surface area contributed by atoms with Crippen LogP contribution in [0, 0.1) is 13.8 Å². The van der Waals surface area contributed by atoms with E-state index in [1.807, 2.05) is 48.5 Å². The molecule has 1 atom stereocenters. The fourth-order valence-electron chi connectivity index (χ4n) is 4.40. The van der Waals surface area contributed by atoms with Gasteiger partial charge in [0.1, 0.15) is 11.4 Å². The molecule has 4 rings (SSSR count). The molecule has 1 aliphatic heterocycles. The van der Waals surface area contributed by atoms with E-state index in [-0.39, 0.29) is 17.2 Å². The molecule has 1 aromatic heterocycles. The van der Waals surface area contributed by atoms with Crippen molar-refractivity contribution in [2.75, 3.05) is 10.8 Å². The average molecular weight is 481 g/mol. The van der Waals surface area contributed by atoms with E-state index in [2.05, 4.69) is 10.4 Å². The summed E-state index contributed by atoms with van der Waals surface area (Å²) in [7, 11) is -3.84. The Hall–Kier alpha value is -3.46. The number of benzene rings is 2. The van der Waals surface area contributed by atoms with Gasteiger partial charge in [-0.25, -0.2) is 8.42 Å². The molecule has 8 nitrogen and oxygen atoms in total. The Morgan fingerprint density at radius 3 is 2.44 bits per heavy atom. The Morgan fingerprint density at radius 1 is 1.06 bits per heavy atom. The zero-order valence-electron chi connectivity index (χ0n) is 19.5. The molecule has 1 unspecified atom stereocenters. The van der Waals surface area contributed by atoms with Gasteiger partial charge in [0.15, 0.2) is 5.78 Å². The maximum atomic E-state index is 13.5. The average Bonchev–Trinajstić information content (AvgIpc) is 3.35. The molecule has 3 aromatic rings. The van der Waals surface area contributed by atoms with Gasteiger partial charge in [-0.3, -0.25) is 18.6 Å². The summed E-state index contributed by atoms with van der Waals surface area (Å²) in [5.74, 6) is -0.557. The molecule has 0 fully saturated rings. The number of sulfonamides is 1. The van der Waals surface area contributed by atoms with Gasteiger partial charge < -0.3 is 5.32 Å². The fraction of sp³-hybridized carbons (Fsp3) is 0.320. The van der Waals surface area contributed by atoms with E-state index in [0.29, 0.717) is 36.5 Å². The van der Waals surface area contributed by atoms with Crippen LogP contribution in [0.1, 0.15) is 29.4 Å². The lowest BCUT2D eigenvalue weighted by atomic mass is 10.0. The first-order valence-electron chi connectivity index (χ1n) is 11.2. The van der Waals surface area contributed by atoms with E-state index >= 15 is 0 Å². The number of para-hydroxylation sites is 1. The zero-order valence-corrected chi connectivity index (χ0v) is 20.3. The van der Waals surface area contributed by atoms with Crippen molar-refractivity contribution in [1.29, 1.82) is 0 Å². The second-order valence-electron chi connectivity index (χ2n) is 8.53.